The fourth-order valence-electron chi connectivity index (χ4n) is 2.44. The molecule has 0 spiro atoms. The van der Waals surface area contributed by atoms with Crippen molar-refractivity contribution < 1.29 is 21.6 Å². The van der Waals surface area contributed by atoms with Crippen molar-refractivity contribution in [2.45, 2.75) is 30.5 Å². The molecule has 0 saturated carbocycles. The number of hydrogen-bond donors (Lipinski definition) is 2. The molecule has 0 amide bonds. The summed E-state index contributed by atoms with van der Waals surface area (Å²) in [6.45, 7) is 1.93. The Morgan fingerprint density at radius 1 is 1.07 bits per heavy atom. The van der Waals surface area contributed by atoms with E-state index in [1.165, 1.54) is 24.3 Å². The maximum Gasteiger partial charge on any atom is 0.416 e. The van der Waals surface area contributed by atoms with Crippen molar-refractivity contribution in [2.75, 3.05) is 11.6 Å². The van der Waals surface area contributed by atoms with Crippen molar-refractivity contribution in [1.82, 2.24) is 5.32 Å². The Bertz CT molecular complexity index is 894. The smallest absolute Gasteiger partial charge is 0.356 e. The molecule has 27 heavy (non-hydrogen) atoms. The second-order valence-corrected chi connectivity index (χ2v) is 8.40. The van der Waals surface area contributed by atoms with Gasteiger partial charge in [0.2, 0.25) is 0 Å². The third-order valence-corrected chi connectivity index (χ3v) is 5.24. The van der Waals surface area contributed by atoms with Crippen molar-refractivity contribution in [3.05, 3.63) is 59.7 Å². The number of sulfone groups is 1. The van der Waals surface area contributed by atoms with E-state index < -0.39 is 21.6 Å². The molecule has 0 aliphatic rings. The Labute approximate surface area is 161 Å². The van der Waals surface area contributed by atoms with Gasteiger partial charge in [-0.25, -0.2) is 8.42 Å². The van der Waals surface area contributed by atoms with E-state index in [1.807, 2.05) is 6.92 Å². The van der Waals surface area contributed by atoms with Gasteiger partial charge in [-0.05, 0) is 60.6 Å². The minimum atomic E-state index is -4.39. The summed E-state index contributed by atoms with van der Waals surface area (Å²) in [5.41, 5.74) is 0.550. The summed E-state index contributed by atoms with van der Waals surface area (Å²) in [5, 5.41) is 6.19. The maximum atomic E-state index is 12.6. The van der Waals surface area contributed by atoms with Crippen LogP contribution in [0.25, 0.3) is 0 Å². The normalized spacial score (nSPS) is 13.1. The van der Waals surface area contributed by atoms with Crippen molar-refractivity contribution in [2.24, 2.45) is 0 Å². The highest BCUT2D eigenvalue weighted by molar-refractivity contribution is 7.90. The van der Waals surface area contributed by atoms with Crippen LogP contribution in [-0.2, 0) is 16.0 Å². The lowest BCUT2D eigenvalue weighted by molar-refractivity contribution is -0.137. The molecule has 0 unspecified atom stereocenters. The summed E-state index contributed by atoms with van der Waals surface area (Å²) in [7, 11) is -3.27. The Morgan fingerprint density at radius 2 is 1.63 bits per heavy atom. The molecule has 146 valence electrons. The van der Waals surface area contributed by atoms with Gasteiger partial charge in [0, 0.05) is 11.9 Å². The molecule has 2 aromatic carbocycles. The monoisotopic (exact) mass is 416 g/mol. The quantitative estimate of drug-likeness (QED) is 0.701. The number of benzene rings is 2. The predicted octanol–water partition coefficient (Wildman–Crippen LogP) is 4.55. The molecular weight excluding hydrogens is 397 g/mol. The number of alkyl halides is 3. The second kappa shape index (κ2) is 8.26. The van der Waals surface area contributed by atoms with Crippen molar-refractivity contribution in [1.29, 1.82) is 0 Å². The van der Waals surface area contributed by atoms with Crippen molar-refractivity contribution >= 4 is 32.9 Å². The first-order chi connectivity index (χ1) is 12.5. The van der Waals surface area contributed by atoms with Gasteiger partial charge in [-0.1, -0.05) is 19.1 Å². The van der Waals surface area contributed by atoms with E-state index in [4.69, 9.17) is 12.2 Å². The van der Waals surface area contributed by atoms with Crippen LogP contribution in [0.2, 0.25) is 0 Å². The summed E-state index contributed by atoms with van der Waals surface area (Å²) in [6, 6.07) is 10.9. The molecule has 0 aliphatic carbocycles. The first-order valence-electron chi connectivity index (χ1n) is 8.05. The van der Waals surface area contributed by atoms with Gasteiger partial charge in [0.1, 0.15) is 0 Å². The lowest BCUT2D eigenvalue weighted by atomic mass is 10.1. The fraction of sp³-hybridized carbons (Fsp3) is 0.278. The Balaban J connectivity index is 2.04. The van der Waals surface area contributed by atoms with Gasteiger partial charge in [-0.15, -0.1) is 0 Å². The molecule has 1 atom stereocenters. The van der Waals surface area contributed by atoms with E-state index in [2.05, 4.69) is 10.6 Å². The lowest BCUT2D eigenvalue weighted by Crippen LogP contribution is -2.32. The van der Waals surface area contributed by atoms with Gasteiger partial charge in [0.05, 0.1) is 16.5 Å². The first-order valence-corrected chi connectivity index (χ1v) is 10.4. The van der Waals surface area contributed by atoms with Crippen LogP contribution in [0, 0.1) is 0 Å². The average Bonchev–Trinajstić information content (AvgIpc) is 2.58. The molecule has 0 radical (unpaired) electrons. The van der Waals surface area contributed by atoms with Gasteiger partial charge in [-0.3, -0.25) is 0 Å². The van der Waals surface area contributed by atoms with Gasteiger partial charge in [0.15, 0.2) is 14.9 Å². The average molecular weight is 416 g/mol. The summed E-state index contributed by atoms with van der Waals surface area (Å²) >= 11 is 5.23. The van der Waals surface area contributed by atoms with Crippen LogP contribution in [-0.4, -0.2) is 19.8 Å². The molecule has 4 nitrogen and oxygen atoms in total. The highest BCUT2D eigenvalue weighted by atomic mass is 32.2. The molecule has 9 heteroatoms. The zero-order valence-corrected chi connectivity index (χ0v) is 16.3. The zero-order valence-electron chi connectivity index (χ0n) is 14.7. The third kappa shape index (κ3) is 5.93. The third-order valence-electron chi connectivity index (χ3n) is 3.89. The predicted molar refractivity (Wildman–Crippen MR) is 103 cm³/mol. The Hall–Kier alpha value is -2.13. The minimum absolute atomic E-state index is 0.173. The molecule has 2 aromatic rings. The van der Waals surface area contributed by atoms with Crippen LogP contribution in [0.1, 0.15) is 30.5 Å². The van der Waals surface area contributed by atoms with Crippen LogP contribution in [0.15, 0.2) is 53.4 Å². The van der Waals surface area contributed by atoms with Gasteiger partial charge in [0.25, 0.3) is 0 Å². The highest BCUT2D eigenvalue weighted by Crippen LogP contribution is 2.29. The van der Waals surface area contributed by atoms with Crippen molar-refractivity contribution in [3.8, 4) is 0 Å². The number of thiocarbonyl (C=S) groups is 1. The number of hydrogen-bond acceptors (Lipinski definition) is 3. The van der Waals surface area contributed by atoms with Crippen LogP contribution in [0.4, 0.5) is 18.9 Å². The zero-order chi connectivity index (χ0) is 20.2. The van der Waals surface area contributed by atoms with E-state index in [0.717, 1.165) is 24.0 Å². The van der Waals surface area contributed by atoms with E-state index in [0.29, 0.717) is 12.1 Å². The molecule has 0 aliphatic heterocycles. The molecule has 0 saturated heterocycles. The minimum Gasteiger partial charge on any atom is -0.356 e. The standard InChI is InChI=1S/C18H19F3N2O2S2/c1-3-16(12-4-10-15(11-5-12)27(2,24)25)23-17(26)22-14-8-6-13(7-9-14)18(19,20)21/h4-11,16H,3H2,1-2H3,(H2,22,23,26)/t16-/m0/s1. The van der Waals surface area contributed by atoms with E-state index in [1.54, 1.807) is 12.1 Å². The van der Waals surface area contributed by atoms with E-state index >= 15 is 0 Å². The van der Waals surface area contributed by atoms with Gasteiger partial charge in [-0.2, -0.15) is 13.2 Å². The molecule has 2 rings (SSSR count). The second-order valence-electron chi connectivity index (χ2n) is 5.98. The molecule has 0 heterocycles. The fourth-order valence-corrected chi connectivity index (χ4v) is 3.33. The molecule has 2 N–H and O–H groups in total. The van der Waals surface area contributed by atoms with Gasteiger partial charge >= 0.3 is 6.18 Å². The number of rotatable bonds is 5. The Morgan fingerprint density at radius 3 is 2.07 bits per heavy atom. The summed E-state index contributed by atoms with van der Waals surface area (Å²) in [6.07, 6.45) is -2.57. The van der Waals surface area contributed by atoms with E-state index in [9.17, 15) is 21.6 Å². The topological polar surface area (TPSA) is 58.2 Å². The number of halogens is 3. The SMILES string of the molecule is CC[C@H](NC(=S)Nc1ccc(C(F)(F)F)cc1)c1ccc(S(C)(=O)=O)cc1. The highest BCUT2D eigenvalue weighted by Gasteiger charge is 2.29. The molecule has 0 fully saturated rings. The van der Waals surface area contributed by atoms with Crippen LogP contribution in [0.5, 0.6) is 0 Å². The van der Waals surface area contributed by atoms with E-state index in [-0.39, 0.29) is 16.0 Å². The maximum absolute atomic E-state index is 12.6. The van der Waals surface area contributed by atoms with Crippen molar-refractivity contribution in [3.63, 3.8) is 0 Å². The van der Waals surface area contributed by atoms with Gasteiger partial charge < -0.3 is 10.6 Å². The Kier molecular flexibility index (Phi) is 6.48. The molecule has 0 aromatic heterocycles. The largest absolute Gasteiger partial charge is 0.416 e. The molecular formula is C18H19F3N2O2S2. The number of anilines is 1. The first kappa shape index (κ1) is 21.2. The van der Waals surface area contributed by atoms with Crippen LogP contribution < -0.4 is 10.6 Å². The number of nitrogens with one attached hydrogen (secondary N) is 2. The van der Waals surface area contributed by atoms with Crippen LogP contribution >= 0.6 is 12.2 Å². The van der Waals surface area contributed by atoms with Crippen LogP contribution in [0.3, 0.4) is 0 Å². The summed E-state index contributed by atoms with van der Waals surface area (Å²) in [5.74, 6) is 0. The lowest BCUT2D eigenvalue weighted by Gasteiger charge is -2.20. The summed E-state index contributed by atoms with van der Waals surface area (Å²) in [4.78, 5) is 0.228. The molecule has 0 bridgehead atoms. The summed E-state index contributed by atoms with van der Waals surface area (Å²) < 4.78 is 60.8.